The molecule has 1 aromatic rings. The molecule has 1 N–H and O–H groups in total. The van der Waals surface area contributed by atoms with Gasteiger partial charge >= 0.3 is 5.97 Å². The minimum Gasteiger partial charge on any atom is -0.481 e. The van der Waals surface area contributed by atoms with E-state index in [2.05, 4.69) is 17.0 Å². The number of carboxylic acids is 1. The molecule has 0 aromatic carbocycles. The molecule has 15 heavy (non-hydrogen) atoms. The second-order valence-corrected chi connectivity index (χ2v) is 4.75. The van der Waals surface area contributed by atoms with Gasteiger partial charge in [0.15, 0.2) is 5.16 Å². The van der Waals surface area contributed by atoms with Gasteiger partial charge < -0.3 is 5.11 Å². The van der Waals surface area contributed by atoms with Crippen molar-refractivity contribution in [3.8, 4) is 0 Å². The third-order valence-corrected chi connectivity index (χ3v) is 3.21. The number of aliphatic carboxylic acids is 1. The van der Waals surface area contributed by atoms with E-state index in [1.165, 1.54) is 18.1 Å². The van der Waals surface area contributed by atoms with Crippen molar-refractivity contribution in [3.63, 3.8) is 0 Å². The van der Waals surface area contributed by atoms with E-state index in [-0.39, 0.29) is 11.3 Å². The number of aromatic nitrogens is 3. The molecule has 0 bridgehead atoms. The van der Waals surface area contributed by atoms with Crippen LogP contribution in [0, 0.1) is 0 Å². The van der Waals surface area contributed by atoms with Crippen LogP contribution >= 0.6 is 11.8 Å². The van der Waals surface area contributed by atoms with Crippen LogP contribution in [0.4, 0.5) is 0 Å². The smallest absolute Gasteiger partial charge is 0.313 e. The van der Waals surface area contributed by atoms with Crippen LogP contribution in [0.25, 0.3) is 0 Å². The first-order valence-corrected chi connectivity index (χ1v) is 5.71. The van der Waals surface area contributed by atoms with Gasteiger partial charge in [0, 0.05) is 0 Å². The molecule has 0 radical (unpaired) electrons. The first-order chi connectivity index (χ1) is 6.97. The van der Waals surface area contributed by atoms with Gasteiger partial charge in [-0.15, -0.1) is 0 Å². The van der Waals surface area contributed by atoms with E-state index >= 15 is 0 Å². The van der Waals surface area contributed by atoms with Gasteiger partial charge in [-0.25, -0.2) is 9.67 Å². The number of carbonyl (C=O) groups is 1. The molecule has 0 amide bonds. The fourth-order valence-electron chi connectivity index (χ4n) is 1.02. The number of nitrogens with zero attached hydrogens (tertiary/aromatic N) is 3. The summed E-state index contributed by atoms with van der Waals surface area (Å²) in [5.41, 5.74) is -0.128. The monoisotopic (exact) mass is 229 g/mol. The van der Waals surface area contributed by atoms with Gasteiger partial charge in [-0.05, 0) is 20.3 Å². The van der Waals surface area contributed by atoms with Crippen molar-refractivity contribution in [2.24, 2.45) is 0 Å². The highest BCUT2D eigenvalue weighted by Gasteiger charge is 2.22. The van der Waals surface area contributed by atoms with Crippen LogP contribution in [0.2, 0.25) is 0 Å². The molecule has 0 aliphatic carbocycles. The van der Waals surface area contributed by atoms with E-state index in [1.54, 1.807) is 4.68 Å². The Morgan fingerprint density at radius 1 is 1.67 bits per heavy atom. The molecule has 0 aliphatic heterocycles. The molecule has 0 fully saturated rings. The van der Waals surface area contributed by atoms with E-state index in [9.17, 15) is 4.79 Å². The summed E-state index contributed by atoms with van der Waals surface area (Å²) < 4.78 is 1.78. The Labute approximate surface area is 92.9 Å². The van der Waals surface area contributed by atoms with E-state index in [0.29, 0.717) is 5.16 Å². The van der Waals surface area contributed by atoms with Crippen molar-refractivity contribution >= 4 is 17.7 Å². The van der Waals surface area contributed by atoms with Crippen molar-refractivity contribution in [2.75, 3.05) is 5.75 Å². The SMILES string of the molecule is CCC(C)(C)n1ncnc1SCC(=O)O. The fraction of sp³-hybridized carbons (Fsp3) is 0.667. The zero-order valence-corrected chi connectivity index (χ0v) is 9.91. The number of rotatable bonds is 5. The molecular formula is C9H15N3O2S. The van der Waals surface area contributed by atoms with E-state index in [1.807, 2.05) is 13.8 Å². The highest BCUT2D eigenvalue weighted by Crippen LogP contribution is 2.24. The predicted octanol–water partition coefficient (Wildman–Crippen LogP) is 1.60. The Morgan fingerprint density at radius 2 is 2.33 bits per heavy atom. The van der Waals surface area contributed by atoms with E-state index in [0.717, 1.165) is 6.42 Å². The van der Waals surface area contributed by atoms with Crippen molar-refractivity contribution in [1.82, 2.24) is 14.8 Å². The quantitative estimate of drug-likeness (QED) is 0.777. The third kappa shape index (κ3) is 2.95. The van der Waals surface area contributed by atoms with Crippen molar-refractivity contribution in [1.29, 1.82) is 0 Å². The summed E-state index contributed by atoms with van der Waals surface area (Å²) in [4.78, 5) is 14.5. The van der Waals surface area contributed by atoms with Gasteiger partial charge in [-0.1, -0.05) is 18.7 Å². The molecule has 6 heteroatoms. The third-order valence-electron chi connectivity index (χ3n) is 2.28. The molecule has 1 rings (SSSR count). The van der Waals surface area contributed by atoms with Gasteiger partial charge in [0.25, 0.3) is 0 Å². The Morgan fingerprint density at radius 3 is 2.87 bits per heavy atom. The summed E-state index contributed by atoms with van der Waals surface area (Å²) in [5, 5.41) is 13.4. The second-order valence-electron chi connectivity index (χ2n) is 3.80. The van der Waals surface area contributed by atoms with E-state index < -0.39 is 5.97 Å². The van der Waals surface area contributed by atoms with Crippen LogP contribution in [0.1, 0.15) is 27.2 Å². The highest BCUT2D eigenvalue weighted by atomic mass is 32.2. The predicted molar refractivity (Wildman–Crippen MR) is 58.0 cm³/mol. The Kier molecular flexibility index (Phi) is 3.73. The zero-order chi connectivity index (χ0) is 11.5. The molecule has 84 valence electrons. The Bertz CT molecular complexity index is 349. The van der Waals surface area contributed by atoms with Crippen molar-refractivity contribution in [3.05, 3.63) is 6.33 Å². The maximum Gasteiger partial charge on any atom is 0.313 e. The summed E-state index contributed by atoms with van der Waals surface area (Å²) in [6, 6.07) is 0. The second kappa shape index (κ2) is 4.65. The highest BCUT2D eigenvalue weighted by molar-refractivity contribution is 7.99. The first kappa shape index (κ1) is 12.0. The van der Waals surface area contributed by atoms with Crippen LogP contribution in [0.15, 0.2) is 11.5 Å². The largest absolute Gasteiger partial charge is 0.481 e. The Hall–Kier alpha value is -1.04. The van der Waals surface area contributed by atoms with Gasteiger partial charge in [-0.3, -0.25) is 4.79 Å². The average Bonchev–Trinajstić information content (AvgIpc) is 2.63. The zero-order valence-electron chi connectivity index (χ0n) is 9.10. The number of hydrogen-bond acceptors (Lipinski definition) is 4. The maximum absolute atomic E-state index is 10.4. The van der Waals surface area contributed by atoms with Crippen LogP contribution in [-0.2, 0) is 10.3 Å². The van der Waals surface area contributed by atoms with Gasteiger partial charge in [0.2, 0.25) is 0 Å². The van der Waals surface area contributed by atoms with Crippen molar-refractivity contribution < 1.29 is 9.90 Å². The summed E-state index contributed by atoms with van der Waals surface area (Å²) >= 11 is 1.19. The summed E-state index contributed by atoms with van der Waals surface area (Å²) in [6.45, 7) is 6.16. The molecule has 5 nitrogen and oxygen atoms in total. The summed E-state index contributed by atoms with van der Waals surface area (Å²) in [7, 11) is 0. The van der Waals surface area contributed by atoms with Crippen LogP contribution in [0.3, 0.4) is 0 Å². The molecule has 0 atom stereocenters. The average molecular weight is 229 g/mol. The Balaban J connectivity index is 2.82. The molecule has 0 saturated heterocycles. The topological polar surface area (TPSA) is 68.0 Å². The normalized spacial score (nSPS) is 11.7. The molecule has 0 unspecified atom stereocenters. The molecule has 0 saturated carbocycles. The fourth-order valence-corrected chi connectivity index (χ4v) is 1.81. The molecule has 0 aliphatic rings. The molecule has 1 heterocycles. The lowest BCUT2D eigenvalue weighted by molar-refractivity contribution is -0.133. The van der Waals surface area contributed by atoms with Crippen molar-refractivity contribution in [2.45, 2.75) is 37.9 Å². The minimum atomic E-state index is -0.844. The number of hydrogen-bond donors (Lipinski definition) is 1. The standard InChI is InChI=1S/C9H15N3O2S/c1-4-9(2,3)12-8(10-6-11-12)15-5-7(13)14/h6H,4-5H2,1-3H3,(H,13,14). The van der Waals surface area contributed by atoms with Crippen LogP contribution in [0.5, 0.6) is 0 Å². The lowest BCUT2D eigenvalue weighted by atomic mass is 10.0. The van der Waals surface area contributed by atoms with E-state index in [4.69, 9.17) is 5.11 Å². The first-order valence-electron chi connectivity index (χ1n) is 4.72. The van der Waals surface area contributed by atoms with Gasteiger partial charge in [0.05, 0.1) is 11.3 Å². The van der Waals surface area contributed by atoms with Gasteiger partial charge in [-0.2, -0.15) is 5.10 Å². The summed E-state index contributed by atoms with van der Waals surface area (Å²) in [6.07, 6.45) is 2.37. The maximum atomic E-state index is 10.4. The summed E-state index contributed by atoms with van der Waals surface area (Å²) in [5.74, 6) is -0.831. The van der Waals surface area contributed by atoms with Crippen LogP contribution < -0.4 is 0 Å². The molecule has 0 spiro atoms. The number of thioether (sulfide) groups is 1. The minimum absolute atomic E-state index is 0.0124. The number of carboxylic acid groups (broad SMARTS) is 1. The molecular weight excluding hydrogens is 214 g/mol. The van der Waals surface area contributed by atoms with Gasteiger partial charge in [0.1, 0.15) is 6.33 Å². The lowest BCUT2D eigenvalue weighted by Gasteiger charge is -2.24. The van der Waals surface area contributed by atoms with Crippen LogP contribution in [-0.4, -0.2) is 31.6 Å². The molecule has 1 aromatic heterocycles. The lowest BCUT2D eigenvalue weighted by Crippen LogP contribution is -2.27.